The van der Waals surface area contributed by atoms with Gasteiger partial charge in [-0.05, 0) is 23.2 Å². The van der Waals surface area contributed by atoms with Gasteiger partial charge in [0.25, 0.3) is 0 Å². The Kier molecular flexibility index (Phi) is 5.61. The van der Waals surface area contributed by atoms with Gasteiger partial charge in [-0.25, -0.2) is 8.78 Å². The summed E-state index contributed by atoms with van der Waals surface area (Å²) in [6.07, 6.45) is -13.0. The van der Waals surface area contributed by atoms with Crippen LogP contribution in [0.1, 0.15) is 0 Å². The van der Waals surface area contributed by atoms with Crippen molar-refractivity contribution in [2.45, 2.75) is 33.2 Å². The molecule has 0 amide bonds. The van der Waals surface area contributed by atoms with Gasteiger partial charge in [0, 0.05) is 0 Å². The zero-order valence-electron chi connectivity index (χ0n) is 8.70. The number of hydrogen-bond donors (Lipinski definition) is 0. The van der Waals surface area contributed by atoms with Gasteiger partial charge in [0.2, 0.25) is 0 Å². The molecule has 0 aromatic heterocycles. The van der Waals surface area contributed by atoms with Crippen LogP contribution in [-0.2, 0) is 4.74 Å². The van der Waals surface area contributed by atoms with Crippen molar-refractivity contribution in [1.82, 2.24) is 0 Å². The molecule has 3 atom stereocenters. The Hall–Kier alpha value is 0.420. The summed E-state index contributed by atoms with van der Waals surface area (Å²) in [6, 6.07) is 0. The molecule has 0 N–H and O–H groups in total. The maximum Gasteiger partial charge on any atom is 0.441 e. The molecule has 0 rings (SSSR count). The van der Waals surface area contributed by atoms with Crippen LogP contribution in [0.5, 0.6) is 0 Å². The summed E-state index contributed by atoms with van der Waals surface area (Å²) >= 11 is 15.8. The lowest BCUT2D eigenvalue weighted by atomic mass is 10.2. The summed E-state index contributed by atoms with van der Waals surface area (Å²) in [4.78, 5) is 0. The van der Waals surface area contributed by atoms with Crippen LogP contribution in [-0.4, -0.2) is 33.2 Å². The Morgan fingerprint density at radius 1 is 0.571 bits per heavy atom. The number of alkyl halides is 14. The third-order valence-corrected chi connectivity index (χ3v) is 3.41. The number of hydrogen-bond acceptors (Lipinski definition) is 1. The highest BCUT2D eigenvalue weighted by Gasteiger charge is 2.81. The van der Waals surface area contributed by atoms with Crippen LogP contribution in [0.15, 0.2) is 0 Å². The monoisotopic (exact) mass is 418 g/mol. The van der Waals surface area contributed by atoms with Crippen LogP contribution in [0.4, 0.5) is 43.9 Å². The first-order valence-electron chi connectivity index (χ1n) is 4.05. The maximum absolute atomic E-state index is 13.2. The van der Waals surface area contributed by atoms with Crippen LogP contribution in [0.2, 0.25) is 0 Å². The predicted molar refractivity (Wildman–Crippen MR) is 52.0 cm³/mol. The molecule has 0 fully saturated rings. The molecule has 0 aliphatic heterocycles. The minimum absolute atomic E-state index is 2.29. The summed E-state index contributed by atoms with van der Waals surface area (Å²) < 4.78 is 128. The van der Waals surface area contributed by atoms with Crippen molar-refractivity contribution in [3.63, 3.8) is 0 Å². The molecule has 0 spiro atoms. The molecule has 0 aromatic carbocycles. The van der Waals surface area contributed by atoms with Gasteiger partial charge in [0.05, 0.1) is 0 Å². The highest BCUT2D eigenvalue weighted by molar-refractivity contribution is 6.34. The fourth-order valence-corrected chi connectivity index (χ4v) is 1.03. The van der Waals surface area contributed by atoms with E-state index in [-0.39, 0.29) is 0 Å². The summed E-state index contributed by atoms with van der Waals surface area (Å²) in [5.41, 5.74) is 0. The average Bonchev–Trinajstić information content (AvgIpc) is 2.11. The molecule has 0 bridgehead atoms. The minimum Gasteiger partial charge on any atom is -0.259 e. The average molecular weight is 420 g/mol. The second-order valence-electron chi connectivity index (χ2n) is 3.28. The highest BCUT2D eigenvalue weighted by Crippen LogP contribution is 2.58. The molecule has 128 valence electrons. The van der Waals surface area contributed by atoms with Crippen LogP contribution in [0.25, 0.3) is 0 Å². The van der Waals surface area contributed by atoms with Crippen LogP contribution < -0.4 is 0 Å². The van der Waals surface area contributed by atoms with E-state index in [2.05, 4.69) is 51.1 Å². The Balaban J connectivity index is 5.71. The Morgan fingerprint density at radius 3 is 1.14 bits per heavy atom. The number of rotatable bonds is 5. The molecular formula is C6Cl4F10O. The van der Waals surface area contributed by atoms with Crippen molar-refractivity contribution in [3.05, 3.63) is 0 Å². The lowest BCUT2D eigenvalue weighted by Crippen LogP contribution is -2.62. The van der Waals surface area contributed by atoms with Gasteiger partial charge in [0.1, 0.15) is 0 Å². The van der Waals surface area contributed by atoms with Gasteiger partial charge in [-0.3, -0.25) is 4.74 Å². The van der Waals surface area contributed by atoms with E-state index in [1.165, 1.54) is 0 Å². The molecule has 21 heavy (non-hydrogen) atoms. The molecule has 0 radical (unpaired) electrons. The van der Waals surface area contributed by atoms with Crippen molar-refractivity contribution in [3.8, 4) is 0 Å². The van der Waals surface area contributed by atoms with E-state index in [4.69, 9.17) is 0 Å². The molecule has 0 aliphatic rings. The van der Waals surface area contributed by atoms with E-state index in [0.29, 0.717) is 0 Å². The van der Waals surface area contributed by atoms with E-state index >= 15 is 0 Å². The fraction of sp³-hybridized carbons (Fsp3) is 1.00. The molecule has 0 aromatic rings. The lowest BCUT2D eigenvalue weighted by Gasteiger charge is -2.37. The van der Waals surface area contributed by atoms with Gasteiger partial charge in [-0.15, -0.1) is 0 Å². The first-order chi connectivity index (χ1) is 8.71. The Labute approximate surface area is 129 Å². The summed E-state index contributed by atoms with van der Waals surface area (Å²) in [5.74, 6) is 0. The van der Waals surface area contributed by atoms with E-state index in [1.807, 2.05) is 0 Å². The zero-order chi connectivity index (χ0) is 17.7. The molecule has 0 heterocycles. The van der Waals surface area contributed by atoms with Crippen LogP contribution in [0.3, 0.4) is 0 Å². The quantitative estimate of drug-likeness (QED) is 0.412. The zero-order valence-corrected chi connectivity index (χ0v) is 11.7. The summed E-state index contributed by atoms with van der Waals surface area (Å²) in [6.45, 7) is 0. The third-order valence-electron chi connectivity index (χ3n) is 1.70. The van der Waals surface area contributed by atoms with E-state index in [0.717, 1.165) is 0 Å². The molecule has 1 nitrogen and oxygen atoms in total. The molecule has 0 saturated heterocycles. The Morgan fingerprint density at radius 2 is 0.905 bits per heavy atom. The maximum atomic E-state index is 13.2. The van der Waals surface area contributed by atoms with Crippen molar-refractivity contribution >= 4 is 46.4 Å². The number of halogens is 14. The second-order valence-corrected chi connectivity index (χ2v) is 5.28. The first-order valence-corrected chi connectivity index (χ1v) is 5.57. The topological polar surface area (TPSA) is 9.23 Å². The van der Waals surface area contributed by atoms with Crippen LogP contribution in [0, 0.1) is 0 Å². The largest absolute Gasteiger partial charge is 0.441 e. The molecule has 0 saturated carbocycles. The fourth-order valence-electron chi connectivity index (χ4n) is 0.644. The Bertz CT molecular complexity index is 386. The van der Waals surface area contributed by atoms with Gasteiger partial charge < -0.3 is 0 Å². The van der Waals surface area contributed by atoms with Crippen molar-refractivity contribution in [2.24, 2.45) is 0 Å². The second kappa shape index (κ2) is 5.50. The normalized spacial score (nSPS) is 23.1. The minimum atomic E-state index is -6.56. The third kappa shape index (κ3) is 3.85. The van der Waals surface area contributed by atoms with Gasteiger partial charge in [0.15, 0.2) is 0 Å². The van der Waals surface area contributed by atoms with Gasteiger partial charge in [-0.2, -0.15) is 35.1 Å². The summed E-state index contributed by atoms with van der Waals surface area (Å²) in [7, 11) is 0. The van der Waals surface area contributed by atoms with E-state index < -0.39 is 33.2 Å². The SMILES string of the molecule is FC(F)(F)C(F)(Cl)C(F)(Cl)C(F)(F)OC(F)(Cl)C(F)(F)Cl. The predicted octanol–water partition coefficient (Wildman–Crippen LogP) is 5.66. The molecule has 3 unspecified atom stereocenters. The molecule has 0 aliphatic carbocycles. The van der Waals surface area contributed by atoms with Gasteiger partial charge in [-0.1, -0.05) is 23.2 Å². The highest BCUT2D eigenvalue weighted by atomic mass is 35.5. The smallest absolute Gasteiger partial charge is 0.259 e. The first kappa shape index (κ1) is 21.4. The standard InChI is InChI=1S/C6Cl4F10O/c7-1(11,5(16,17)18)2(8,12)6(19,20)21-4(10,15)3(9,13)14. The summed E-state index contributed by atoms with van der Waals surface area (Å²) in [5, 5.41) is -23.1. The molecular weight excluding hydrogens is 420 g/mol. The lowest BCUT2D eigenvalue weighted by molar-refractivity contribution is -0.386. The van der Waals surface area contributed by atoms with E-state index in [1.54, 1.807) is 0 Å². The van der Waals surface area contributed by atoms with Crippen molar-refractivity contribution < 1.29 is 48.6 Å². The van der Waals surface area contributed by atoms with E-state index in [9.17, 15) is 43.9 Å². The van der Waals surface area contributed by atoms with Crippen molar-refractivity contribution in [1.29, 1.82) is 0 Å². The molecule has 15 heteroatoms. The van der Waals surface area contributed by atoms with Crippen LogP contribution >= 0.6 is 46.4 Å². The number of ether oxygens (including phenoxy) is 1. The van der Waals surface area contributed by atoms with Crippen molar-refractivity contribution in [2.75, 3.05) is 0 Å². The van der Waals surface area contributed by atoms with Gasteiger partial charge >= 0.3 is 33.2 Å².